The maximum absolute atomic E-state index is 11.9. The molecular formula is C6H4BrF3N2O. The van der Waals surface area contributed by atoms with Crippen molar-refractivity contribution >= 4 is 15.9 Å². The van der Waals surface area contributed by atoms with Gasteiger partial charge in [-0.05, 0) is 15.9 Å². The summed E-state index contributed by atoms with van der Waals surface area (Å²) in [7, 11) is 0. The summed E-state index contributed by atoms with van der Waals surface area (Å²) in [6.45, 7) is 0. The van der Waals surface area contributed by atoms with Crippen LogP contribution in [-0.2, 0) is 0 Å². The van der Waals surface area contributed by atoms with Crippen molar-refractivity contribution in [3.8, 4) is 0 Å². The van der Waals surface area contributed by atoms with Gasteiger partial charge < -0.3 is 5.11 Å². The van der Waals surface area contributed by atoms with Gasteiger partial charge in [-0.3, -0.25) is 0 Å². The van der Waals surface area contributed by atoms with E-state index in [2.05, 4.69) is 25.9 Å². The van der Waals surface area contributed by atoms with Crippen molar-refractivity contribution in [1.82, 2.24) is 9.97 Å². The minimum Gasteiger partial charge on any atom is -0.377 e. The molecule has 72 valence electrons. The zero-order chi connectivity index (χ0) is 10.1. The van der Waals surface area contributed by atoms with Crippen LogP contribution in [-0.4, -0.2) is 21.3 Å². The van der Waals surface area contributed by atoms with E-state index in [-0.39, 0.29) is 0 Å². The van der Waals surface area contributed by atoms with Gasteiger partial charge in [-0.2, -0.15) is 13.2 Å². The van der Waals surface area contributed by atoms with Crippen LogP contribution >= 0.6 is 15.9 Å². The molecule has 0 fully saturated rings. The van der Waals surface area contributed by atoms with Crippen molar-refractivity contribution in [2.24, 2.45) is 0 Å². The first-order valence-corrected chi connectivity index (χ1v) is 3.93. The Morgan fingerprint density at radius 1 is 1.31 bits per heavy atom. The fraction of sp³-hybridized carbons (Fsp3) is 0.333. The molecule has 7 heteroatoms. The Morgan fingerprint density at radius 2 is 1.77 bits per heavy atom. The molecule has 0 bridgehead atoms. The zero-order valence-electron chi connectivity index (χ0n) is 6.09. The normalized spacial score (nSPS) is 14.2. The number of aliphatic hydroxyl groups is 1. The van der Waals surface area contributed by atoms with Gasteiger partial charge in [-0.25, -0.2) is 9.97 Å². The summed E-state index contributed by atoms with van der Waals surface area (Å²) < 4.78 is 36.1. The molecule has 1 N–H and O–H groups in total. The zero-order valence-corrected chi connectivity index (χ0v) is 7.67. The number of hydrogen-bond acceptors (Lipinski definition) is 3. The lowest BCUT2D eigenvalue weighted by atomic mass is 10.3. The molecule has 0 spiro atoms. The molecule has 0 aliphatic carbocycles. The third-order valence-electron chi connectivity index (χ3n) is 1.19. The highest BCUT2D eigenvalue weighted by molar-refractivity contribution is 9.10. The molecule has 0 saturated carbocycles. The molecule has 3 nitrogen and oxygen atoms in total. The molecule has 0 amide bonds. The molecule has 1 rings (SSSR count). The van der Waals surface area contributed by atoms with E-state index in [1.165, 1.54) is 0 Å². The van der Waals surface area contributed by atoms with E-state index in [0.717, 1.165) is 12.4 Å². The SMILES string of the molecule is OC(c1ncc(Br)cn1)C(F)(F)F. The summed E-state index contributed by atoms with van der Waals surface area (Å²) in [5, 5.41) is 8.68. The molecule has 13 heavy (non-hydrogen) atoms. The second-order valence-electron chi connectivity index (χ2n) is 2.20. The molecule has 1 atom stereocenters. The lowest BCUT2D eigenvalue weighted by Gasteiger charge is -2.12. The average molecular weight is 257 g/mol. The van der Waals surface area contributed by atoms with Crippen molar-refractivity contribution in [1.29, 1.82) is 0 Å². The lowest BCUT2D eigenvalue weighted by Crippen LogP contribution is -2.22. The van der Waals surface area contributed by atoms with E-state index in [1.807, 2.05) is 0 Å². The Balaban J connectivity index is 2.90. The van der Waals surface area contributed by atoms with Crippen LogP contribution in [0.3, 0.4) is 0 Å². The number of alkyl halides is 3. The van der Waals surface area contributed by atoms with Gasteiger partial charge >= 0.3 is 6.18 Å². The minimum absolute atomic E-state index is 0.450. The number of halogens is 4. The molecule has 1 aromatic rings. The van der Waals surface area contributed by atoms with Gasteiger partial charge in [0.05, 0.1) is 4.47 Å². The Morgan fingerprint density at radius 3 is 2.15 bits per heavy atom. The standard InChI is InChI=1S/C6H4BrF3N2O/c7-3-1-11-5(12-2-3)4(13)6(8,9)10/h1-2,4,13H. The van der Waals surface area contributed by atoms with Gasteiger partial charge in [-0.1, -0.05) is 0 Å². The molecule has 0 aliphatic heterocycles. The highest BCUT2D eigenvalue weighted by Crippen LogP contribution is 2.30. The van der Waals surface area contributed by atoms with Crippen molar-refractivity contribution in [3.05, 3.63) is 22.7 Å². The number of rotatable bonds is 1. The number of aliphatic hydroxyl groups excluding tert-OH is 1. The van der Waals surface area contributed by atoms with Gasteiger partial charge in [0, 0.05) is 12.4 Å². The fourth-order valence-corrected chi connectivity index (χ4v) is 0.815. The Kier molecular flexibility index (Phi) is 2.87. The summed E-state index contributed by atoms with van der Waals surface area (Å²) >= 11 is 2.96. The number of hydrogen-bond donors (Lipinski definition) is 1. The van der Waals surface area contributed by atoms with Crippen molar-refractivity contribution < 1.29 is 18.3 Å². The summed E-state index contributed by atoms with van der Waals surface area (Å²) in [6.07, 6.45) is -5.08. The molecule has 0 saturated heterocycles. The van der Waals surface area contributed by atoms with Crippen LogP contribution in [0.2, 0.25) is 0 Å². The monoisotopic (exact) mass is 256 g/mol. The predicted octanol–water partition coefficient (Wildman–Crippen LogP) is 1.83. The largest absolute Gasteiger partial charge is 0.421 e. The van der Waals surface area contributed by atoms with Crippen LogP contribution in [0.5, 0.6) is 0 Å². The minimum atomic E-state index is -4.73. The lowest BCUT2D eigenvalue weighted by molar-refractivity contribution is -0.209. The van der Waals surface area contributed by atoms with Gasteiger partial charge in [0.25, 0.3) is 0 Å². The average Bonchev–Trinajstić information content (AvgIpc) is 2.03. The summed E-state index contributed by atoms with van der Waals surface area (Å²) in [6, 6.07) is 0. The smallest absolute Gasteiger partial charge is 0.377 e. The predicted molar refractivity (Wildman–Crippen MR) is 40.7 cm³/mol. The molecule has 1 heterocycles. The van der Waals surface area contributed by atoms with Gasteiger partial charge in [0.1, 0.15) is 0 Å². The quantitative estimate of drug-likeness (QED) is 0.834. The second kappa shape index (κ2) is 3.59. The first-order chi connectivity index (χ1) is 5.91. The van der Waals surface area contributed by atoms with Crippen LogP contribution in [0.25, 0.3) is 0 Å². The van der Waals surface area contributed by atoms with E-state index in [0.29, 0.717) is 4.47 Å². The van der Waals surface area contributed by atoms with Crippen LogP contribution in [0.1, 0.15) is 11.9 Å². The van der Waals surface area contributed by atoms with Gasteiger partial charge in [-0.15, -0.1) is 0 Å². The molecule has 1 unspecified atom stereocenters. The first-order valence-electron chi connectivity index (χ1n) is 3.13. The van der Waals surface area contributed by atoms with E-state index in [4.69, 9.17) is 5.11 Å². The molecule has 0 aliphatic rings. The Bertz CT molecular complexity index is 287. The maximum atomic E-state index is 11.9. The third-order valence-corrected chi connectivity index (χ3v) is 1.60. The molecule has 0 radical (unpaired) electrons. The topological polar surface area (TPSA) is 46.0 Å². The van der Waals surface area contributed by atoms with Crippen LogP contribution in [0.4, 0.5) is 13.2 Å². The summed E-state index contributed by atoms with van der Waals surface area (Å²) in [4.78, 5) is 6.63. The van der Waals surface area contributed by atoms with Gasteiger partial charge in [0.2, 0.25) is 6.10 Å². The number of aromatic nitrogens is 2. The van der Waals surface area contributed by atoms with Crippen LogP contribution in [0, 0.1) is 0 Å². The maximum Gasteiger partial charge on any atom is 0.421 e. The van der Waals surface area contributed by atoms with Crippen LogP contribution < -0.4 is 0 Å². The second-order valence-corrected chi connectivity index (χ2v) is 3.12. The highest BCUT2D eigenvalue weighted by Gasteiger charge is 2.41. The van der Waals surface area contributed by atoms with E-state index >= 15 is 0 Å². The highest BCUT2D eigenvalue weighted by atomic mass is 79.9. The summed E-state index contributed by atoms with van der Waals surface area (Å²) in [5.74, 6) is -0.657. The van der Waals surface area contributed by atoms with Crippen molar-refractivity contribution in [2.75, 3.05) is 0 Å². The van der Waals surface area contributed by atoms with Crippen LogP contribution in [0.15, 0.2) is 16.9 Å². The van der Waals surface area contributed by atoms with Crippen molar-refractivity contribution in [3.63, 3.8) is 0 Å². The van der Waals surface area contributed by atoms with Gasteiger partial charge in [0.15, 0.2) is 5.82 Å². The van der Waals surface area contributed by atoms with E-state index in [1.54, 1.807) is 0 Å². The fourth-order valence-electron chi connectivity index (χ4n) is 0.610. The Hall–Kier alpha value is -0.690. The van der Waals surface area contributed by atoms with E-state index < -0.39 is 18.1 Å². The Labute approximate surface area is 79.8 Å². The first kappa shape index (κ1) is 10.4. The van der Waals surface area contributed by atoms with Crippen molar-refractivity contribution in [2.45, 2.75) is 12.3 Å². The third kappa shape index (κ3) is 2.63. The summed E-state index contributed by atoms with van der Waals surface area (Å²) in [5.41, 5.74) is 0. The molecule has 0 aromatic carbocycles. The number of nitrogens with zero attached hydrogens (tertiary/aromatic N) is 2. The molecule has 1 aromatic heterocycles. The molecular weight excluding hydrogens is 253 g/mol. The van der Waals surface area contributed by atoms with E-state index in [9.17, 15) is 13.2 Å².